The number of thiophene rings is 1. The molecule has 0 atom stereocenters. The van der Waals surface area contributed by atoms with E-state index in [0.717, 1.165) is 9.90 Å². The fourth-order valence-electron chi connectivity index (χ4n) is 2.44. The molecule has 1 saturated carbocycles. The number of nitrogens with two attached hydrogens (primary N) is 1. The number of hydrogen-bond donors (Lipinski definition) is 3. The molecule has 0 unspecified atom stereocenters. The average molecular weight is 299 g/mol. The van der Waals surface area contributed by atoms with Gasteiger partial charge in [0.25, 0.3) is 5.91 Å². The highest BCUT2D eigenvalue weighted by molar-refractivity contribution is 7.99. The summed E-state index contributed by atoms with van der Waals surface area (Å²) in [7, 11) is 1.63. The smallest absolute Gasteiger partial charge is 0.263 e. The van der Waals surface area contributed by atoms with E-state index in [-0.39, 0.29) is 5.91 Å². The number of nitrogen functional groups attached to an aromatic ring is 1. The second-order valence-corrected chi connectivity index (χ2v) is 6.60. The highest BCUT2D eigenvalue weighted by Gasteiger charge is 2.22. The average Bonchev–Trinajstić information content (AvgIpc) is 2.75. The molecule has 1 amide bonds. The zero-order valence-corrected chi connectivity index (χ0v) is 13.0. The van der Waals surface area contributed by atoms with Crippen molar-refractivity contribution >= 4 is 39.7 Å². The number of hydrogen-bond acceptors (Lipinski definition) is 5. The number of anilines is 2. The van der Waals surface area contributed by atoms with Crippen LogP contribution < -0.4 is 16.4 Å². The van der Waals surface area contributed by atoms with Crippen molar-refractivity contribution in [1.29, 1.82) is 0 Å². The Bertz CT molecular complexity index is 453. The number of thioether (sulfide) groups is 1. The molecule has 0 bridgehead atoms. The van der Waals surface area contributed by atoms with Gasteiger partial charge in [0.2, 0.25) is 0 Å². The van der Waals surface area contributed by atoms with Crippen molar-refractivity contribution in [1.82, 2.24) is 5.32 Å². The second-order valence-electron chi connectivity index (χ2n) is 4.77. The van der Waals surface area contributed by atoms with Gasteiger partial charge in [-0.1, -0.05) is 19.3 Å². The van der Waals surface area contributed by atoms with Gasteiger partial charge in [0.05, 0.1) is 10.6 Å². The van der Waals surface area contributed by atoms with E-state index >= 15 is 0 Å². The molecule has 1 heterocycles. The molecule has 0 aromatic carbocycles. The number of nitrogens with one attached hydrogen (secondary N) is 2. The maximum Gasteiger partial charge on any atom is 0.263 e. The van der Waals surface area contributed by atoms with Gasteiger partial charge in [-0.15, -0.1) is 23.1 Å². The molecule has 19 heavy (non-hydrogen) atoms. The van der Waals surface area contributed by atoms with Gasteiger partial charge >= 0.3 is 0 Å². The third kappa shape index (κ3) is 3.17. The topological polar surface area (TPSA) is 67.2 Å². The summed E-state index contributed by atoms with van der Waals surface area (Å²) in [6, 6.07) is 0.523. The van der Waals surface area contributed by atoms with Crippen molar-refractivity contribution in [3.8, 4) is 0 Å². The summed E-state index contributed by atoms with van der Waals surface area (Å²) in [5.41, 5.74) is 6.69. The molecule has 1 aromatic rings. The Kier molecular flexibility index (Phi) is 4.99. The lowest BCUT2D eigenvalue weighted by molar-refractivity contribution is 0.0968. The first-order chi connectivity index (χ1) is 9.17. The Labute approximate surface area is 122 Å². The fourth-order valence-corrected chi connectivity index (χ4v) is 4.49. The Balaban J connectivity index is 2.21. The fraction of sp³-hybridized carbons (Fsp3) is 0.615. The molecule has 1 aromatic heterocycles. The SMILES string of the molecule is CNC(=O)c1sc(NC2CCCCC2)c(SC)c1N. The quantitative estimate of drug-likeness (QED) is 0.747. The van der Waals surface area contributed by atoms with Crippen molar-refractivity contribution in [3.05, 3.63) is 4.88 Å². The molecule has 106 valence electrons. The first-order valence-corrected chi connectivity index (χ1v) is 8.66. The van der Waals surface area contributed by atoms with Gasteiger partial charge in [-0.25, -0.2) is 0 Å². The minimum Gasteiger partial charge on any atom is -0.396 e. The van der Waals surface area contributed by atoms with Crippen LogP contribution in [-0.2, 0) is 0 Å². The van der Waals surface area contributed by atoms with Gasteiger partial charge < -0.3 is 16.4 Å². The molecular formula is C13H21N3OS2. The first-order valence-electron chi connectivity index (χ1n) is 6.62. The minimum atomic E-state index is -0.102. The van der Waals surface area contributed by atoms with Crippen LogP contribution in [0.15, 0.2) is 4.90 Å². The van der Waals surface area contributed by atoms with Crippen molar-refractivity contribution in [3.63, 3.8) is 0 Å². The normalized spacial score (nSPS) is 16.3. The van der Waals surface area contributed by atoms with Crippen LogP contribution in [-0.4, -0.2) is 25.3 Å². The lowest BCUT2D eigenvalue weighted by atomic mass is 9.96. The monoisotopic (exact) mass is 299 g/mol. The summed E-state index contributed by atoms with van der Waals surface area (Å²) in [6.07, 6.45) is 8.33. The third-order valence-electron chi connectivity index (χ3n) is 3.48. The molecule has 0 radical (unpaired) electrons. The highest BCUT2D eigenvalue weighted by atomic mass is 32.2. The van der Waals surface area contributed by atoms with Gasteiger partial charge in [-0.3, -0.25) is 4.79 Å². The van der Waals surface area contributed by atoms with E-state index in [1.807, 2.05) is 6.26 Å². The highest BCUT2D eigenvalue weighted by Crippen LogP contribution is 2.42. The molecule has 0 aliphatic heterocycles. The van der Waals surface area contributed by atoms with Crippen LogP contribution in [0.2, 0.25) is 0 Å². The van der Waals surface area contributed by atoms with E-state index in [9.17, 15) is 4.79 Å². The van der Waals surface area contributed by atoms with Crippen LogP contribution in [0.25, 0.3) is 0 Å². The summed E-state index contributed by atoms with van der Waals surface area (Å²) < 4.78 is 0. The van der Waals surface area contributed by atoms with Gasteiger partial charge in [-0.2, -0.15) is 0 Å². The minimum absolute atomic E-state index is 0.102. The Morgan fingerprint density at radius 3 is 2.63 bits per heavy atom. The van der Waals surface area contributed by atoms with Crippen LogP contribution in [0.4, 0.5) is 10.7 Å². The summed E-state index contributed by atoms with van der Waals surface area (Å²) in [4.78, 5) is 13.4. The van der Waals surface area contributed by atoms with Crippen molar-refractivity contribution < 1.29 is 4.79 Å². The van der Waals surface area contributed by atoms with Gasteiger partial charge in [0.15, 0.2) is 0 Å². The standard InChI is InChI=1S/C13H21N3OS2/c1-15-12(17)10-9(14)11(18-2)13(19-10)16-8-6-4-3-5-7-8/h8,16H,3-7,14H2,1-2H3,(H,15,17). The van der Waals surface area contributed by atoms with Gasteiger partial charge in [-0.05, 0) is 19.1 Å². The zero-order chi connectivity index (χ0) is 13.8. The van der Waals surface area contributed by atoms with E-state index in [1.165, 1.54) is 43.4 Å². The van der Waals surface area contributed by atoms with Gasteiger partial charge in [0.1, 0.15) is 9.88 Å². The molecule has 1 aliphatic carbocycles. The lowest BCUT2D eigenvalue weighted by Gasteiger charge is -2.23. The molecule has 1 fully saturated rings. The predicted molar refractivity (Wildman–Crippen MR) is 84.4 cm³/mol. The molecule has 4 N–H and O–H groups in total. The van der Waals surface area contributed by atoms with Gasteiger partial charge in [0, 0.05) is 13.1 Å². The van der Waals surface area contributed by atoms with Crippen LogP contribution in [0.1, 0.15) is 41.8 Å². The van der Waals surface area contributed by atoms with Crippen LogP contribution in [0.3, 0.4) is 0 Å². The maximum atomic E-state index is 11.8. The van der Waals surface area contributed by atoms with E-state index < -0.39 is 0 Å². The zero-order valence-electron chi connectivity index (χ0n) is 11.4. The maximum absolute atomic E-state index is 11.8. The Hall–Kier alpha value is -0.880. The molecule has 4 nitrogen and oxygen atoms in total. The third-order valence-corrected chi connectivity index (χ3v) is 5.57. The number of carbonyl (C=O) groups is 1. The van der Waals surface area contributed by atoms with Crippen molar-refractivity contribution in [2.45, 2.75) is 43.0 Å². The number of amides is 1. The summed E-state index contributed by atoms with van der Waals surface area (Å²) >= 11 is 3.07. The van der Waals surface area contributed by atoms with E-state index in [1.54, 1.807) is 18.8 Å². The van der Waals surface area contributed by atoms with Crippen LogP contribution in [0.5, 0.6) is 0 Å². The van der Waals surface area contributed by atoms with E-state index in [2.05, 4.69) is 10.6 Å². The first kappa shape index (κ1) is 14.5. The molecule has 6 heteroatoms. The number of carbonyl (C=O) groups excluding carboxylic acids is 1. The second kappa shape index (κ2) is 6.52. The molecular weight excluding hydrogens is 278 g/mol. The van der Waals surface area contributed by atoms with Crippen molar-refractivity contribution in [2.75, 3.05) is 24.4 Å². The molecule has 1 aliphatic rings. The van der Waals surface area contributed by atoms with E-state index in [0.29, 0.717) is 16.6 Å². The summed E-state index contributed by atoms with van der Waals surface area (Å²) in [6.45, 7) is 0. The van der Waals surface area contributed by atoms with E-state index in [4.69, 9.17) is 5.73 Å². The lowest BCUT2D eigenvalue weighted by Crippen LogP contribution is -2.21. The summed E-state index contributed by atoms with van der Waals surface area (Å²) in [5, 5.41) is 7.27. The molecule has 0 saturated heterocycles. The Morgan fingerprint density at radius 1 is 1.37 bits per heavy atom. The van der Waals surface area contributed by atoms with Crippen molar-refractivity contribution in [2.24, 2.45) is 0 Å². The predicted octanol–water partition coefficient (Wildman–Crippen LogP) is 3.16. The van der Waals surface area contributed by atoms with Crippen LogP contribution >= 0.6 is 23.1 Å². The number of rotatable bonds is 4. The Morgan fingerprint density at radius 2 is 2.05 bits per heavy atom. The summed E-state index contributed by atoms with van der Waals surface area (Å²) in [5.74, 6) is -0.102. The van der Waals surface area contributed by atoms with Crippen LogP contribution in [0, 0.1) is 0 Å². The largest absolute Gasteiger partial charge is 0.396 e. The molecule has 0 spiro atoms. The molecule has 2 rings (SSSR count).